The number of nitrogens with one attached hydrogen (secondary N) is 1. The molecule has 0 bridgehead atoms. The number of para-hydroxylation sites is 1. The van der Waals surface area contributed by atoms with E-state index in [1.54, 1.807) is 0 Å². The maximum Gasteiger partial charge on any atom is 0.416 e. The molecule has 0 atom stereocenters. The summed E-state index contributed by atoms with van der Waals surface area (Å²) in [7, 11) is 0. The number of anilines is 1. The molecule has 0 fully saturated rings. The summed E-state index contributed by atoms with van der Waals surface area (Å²) in [6.07, 6.45) is -1.76. The quantitative estimate of drug-likeness (QED) is 0.254. The molecule has 0 aliphatic heterocycles. The van der Waals surface area contributed by atoms with Crippen LogP contribution in [0.15, 0.2) is 72.8 Å². The van der Waals surface area contributed by atoms with E-state index in [1.165, 1.54) is 12.1 Å². The highest BCUT2D eigenvalue weighted by molar-refractivity contribution is 7.80. The minimum atomic E-state index is -4.35. The standard InChI is InChI=1S/C25H25F3N2O2S/c26-25(27,28)19-13-11-18(12-14-19)22-9-2-3-10-23(22)32-16-5-1-4-15-31-21-8-6-7-20(17-21)30-24(29)33/h2-3,6-14,17H,1,4-5,15-16H2,(H3,29,30,33). The van der Waals surface area contributed by atoms with Gasteiger partial charge in [-0.3, -0.25) is 0 Å². The fourth-order valence-corrected chi connectivity index (χ4v) is 3.35. The Morgan fingerprint density at radius 3 is 2.24 bits per heavy atom. The lowest BCUT2D eigenvalue weighted by Crippen LogP contribution is -2.18. The van der Waals surface area contributed by atoms with Gasteiger partial charge in [-0.05, 0) is 67.4 Å². The highest BCUT2D eigenvalue weighted by Gasteiger charge is 2.30. The van der Waals surface area contributed by atoms with Crippen molar-refractivity contribution >= 4 is 23.0 Å². The van der Waals surface area contributed by atoms with E-state index in [4.69, 9.17) is 27.4 Å². The maximum absolute atomic E-state index is 12.8. The molecular formula is C25H25F3N2O2S. The number of ether oxygens (including phenoxy) is 2. The van der Waals surface area contributed by atoms with Gasteiger partial charge in [-0.25, -0.2) is 0 Å². The zero-order chi connectivity index (χ0) is 23.7. The van der Waals surface area contributed by atoms with Gasteiger partial charge < -0.3 is 20.5 Å². The molecule has 4 nitrogen and oxygen atoms in total. The predicted octanol–water partition coefficient (Wildman–Crippen LogP) is 6.66. The van der Waals surface area contributed by atoms with E-state index in [1.807, 2.05) is 48.5 Å². The van der Waals surface area contributed by atoms with Crippen molar-refractivity contribution in [3.63, 3.8) is 0 Å². The Kier molecular flexibility index (Phi) is 8.54. The van der Waals surface area contributed by atoms with Gasteiger partial charge in [-0.2, -0.15) is 13.2 Å². The van der Waals surface area contributed by atoms with Crippen LogP contribution in [0.5, 0.6) is 11.5 Å². The number of unbranched alkanes of at least 4 members (excludes halogenated alkanes) is 2. The van der Waals surface area contributed by atoms with Crippen molar-refractivity contribution in [1.82, 2.24) is 0 Å². The van der Waals surface area contributed by atoms with Crippen LogP contribution in [0.3, 0.4) is 0 Å². The summed E-state index contributed by atoms with van der Waals surface area (Å²) in [5, 5.41) is 3.07. The maximum atomic E-state index is 12.8. The number of halogens is 3. The third-order valence-corrected chi connectivity index (χ3v) is 4.93. The predicted molar refractivity (Wildman–Crippen MR) is 129 cm³/mol. The van der Waals surface area contributed by atoms with Gasteiger partial charge >= 0.3 is 6.18 Å². The molecule has 3 rings (SSSR count). The third-order valence-electron chi connectivity index (χ3n) is 4.83. The molecule has 0 saturated carbocycles. The van der Waals surface area contributed by atoms with Crippen LogP contribution in [0.1, 0.15) is 24.8 Å². The van der Waals surface area contributed by atoms with Crippen LogP contribution < -0.4 is 20.5 Å². The molecule has 0 heterocycles. The van der Waals surface area contributed by atoms with E-state index < -0.39 is 11.7 Å². The lowest BCUT2D eigenvalue weighted by molar-refractivity contribution is -0.137. The number of rotatable bonds is 10. The molecule has 0 aliphatic rings. The van der Waals surface area contributed by atoms with E-state index in [2.05, 4.69) is 5.32 Å². The molecule has 3 aromatic rings. The summed E-state index contributed by atoms with van der Waals surface area (Å²) in [6.45, 7) is 1.07. The number of hydrogen-bond donors (Lipinski definition) is 2. The lowest BCUT2D eigenvalue weighted by atomic mass is 10.0. The normalized spacial score (nSPS) is 11.1. The average molecular weight is 475 g/mol. The molecule has 0 unspecified atom stereocenters. The largest absolute Gasteiger partial charge is 0.494 e. The van der Waals surface area contributed by atoms with E-state index in [0.29, 0.717) is 24.5 Å². The molecule has 0 aromatic heterocycles. The summed E-state index contributed by atoms with van der Waals surface area (Å²) in [6, 6.07) is 19.9. The fraction of sp³-hybridized carbons (Fsp3) is 0.240. The number of alkyl halides is 3. The van der Waals surface area contributed by atoms with Gasteiger partial charge in [-0.15, -0.1) is 0 Å². The highest BCUT2D eigenvalue weighted by atomic mass is 32.1. The van der Waals surface area contributed by atoms with Crippen LogP contribution in [-0.2, 0) is 6.18 Å². The first-order valence-electron chi connectivity index (χ1n) is 10.5. The second-order valence-electron chi connectivity index (χ2n) is 7.35. The first-order valence-corrected chi connectivity index (χ1v) is 10.9. The van der Waals surface area contributed by atoms with Crippen LogP contribution in [0, 0.1) is 0 Å². The van der Waals surface area contributed by atoms with Crippen LogP contribution in [0.2, 0.25) is 0 Å². The molecule has 0 saturated heterocycles. The van der Waals surface area contributed by atoms with Crippen LogP contribution in [-0.4, -0.2) is 18.3 Å². The summed E-state index contributed by atoms with van der Waals surface area (Å²) in [4.78, 5) is 0. The Bertz CT molecular complexity index is 1060. The zero-order valence-corrected chi connectivity index (χ0v) is 18.7. The third kappa shape index (κ3) is 7.68. The zero-order valence-electron chi connectivity index (χ0n) is 17.9. The molecule has 3 N–H and O–H groups in total. The van der Waals surface area contributed by atoms with Crippen molar-refractivity contribution in [2.75, 3.05) is 18.5 Å². The Morgan fingerprint density at radius 2 is 1.55 bits per heavy atom. The summed E-state index contributed by atoms with van der Waals surface area (Å²) >= 11 is 4.83. The second-order valence-corrected chi connectivity index (χ2v) is 7.79. The molecule has 33 heavy (non-hydrogen) atoms. The molecule has 174 valence electrons. The van der Waals surface area contributed by atoms with Gasteiger partial charge in [0.05, 0.1) is 18.8 Å². The minimum absolute atomic E-state index is 0.201. The Hall–Kier alpha value is -3.26. The van der Waals surface area contributed by atoms with Crippen molar-refractivity contribution in [3.05, 3.63) is 78.4 Å². The van der Waals surface area contributed by atoms with Crippen LogP contribution in [0.25, 0.3) is 11.1 Å². The van der Waals surface area contributed by atoms with Gasteiger partial charge in [0.15, 0.2) is 5.11 Å². The first-order chi connectivity index (χ1) is 15.8. The number of benzene rings is 3. The Labute approximate surface area is 196 Å². The smallest absolute Gasteiger partial charge is 0.416 e. The van der Waals surface area contributed by atoms with Crippen molar-refractivity contribution in [1.29, 1.82) is 0 Å². The van der Waals surface area contributed by atoms with E-state index in [-0.39, 0.29) is 5.11 Å². The Morgan fingerprint density at radius 1 is 0.848 bits per heavy atom. The topological polar surface area (TPSA) is 56.5 Å². The molecule has 0 spiro atoms. The summed E-state index contributed by atoms with van der Waals surface area (Å²) < 4.78 is 50.1. The van der Waals surface area contributed by atoms with Crippen LogP contribution >= 0.6 is 12.2 Å². The molecule has 0 radical (unpaired) electrons. The molecule has 8 heteroatoms. The highest BCUT2D eigenvalue weighted by Crippen LogP contribution is 2.34. The van der Waals surface area contributed by atoms with Gasteiger partial charge in [-0.1, -0.05) is 36.4 Å². The lowest BCUT2D eigenvalue weighted by Gasteiger charge is -2.13. The summed E-state index contributed by atoms with van der Waals surface area (Å²) in [5.74, 6) is 1.38. The second kappa shape index (κ2) is 11.6. The van der Waals surface area contributed by atoms with Crippen molar-refractivity contribution < 1.29 is 22.6 Å². The number of nitrogens with two attached hydrogens (primary N) is 1. The first kappa shape index (κ1) is 24.4. The van der Waals surface area contributed by atoms with Crippen molar-refractivity contribution in [3.8, 4) is 22.6 Å². The van der Waals surface area contributed by atoms with Crippen LogP contribution in [0.4, 0.5) is 18.9 Å². The van der Waals surface area contributed by atoms with Gasteiger partial charge in [0, 0.05) is 17.3 Å². The van der Waals surface area contributed by atoms with E-state index in [0.717, 1.165) is 48.4 Å². The van der Waals surface area contributed by atoms with Gasteiger partial charge in [0.25, 0.3) is 0 Å². The minimum Gasteiger partial charge on any atom is -0.494 e. The average Bonchev–Trinajstić information content (AvgIpc) is 2.78. The molecular weight excluding hydrogens is 449 g/mol. The monoisotopic (exact) mass is 474 g/mol. The molecule has 0 aliphatic carbocycles. The number of hydrogen-bond acceptors (Lipinski definition) is 3. The SMILES string of the molecule is NC(=S)Nc1cccc(OCCCCCOc2ccccc2-c2ccc(C(F)(F)F)cc2)c1. The Balaban J connectivity index is 1.43. The van der Waals surface area contributed by atoms with Gasteiger partial charge in [0.1, 0.15) is 11.5 Å². The fourth-order valence-electron chi connectivity index (χ4n) is 3.23. The molecule has 3 aromatic carbocycles. The van der Waals surface area contributed by atoms with Gasteiger partial charge in [0.2, 0.25) is 0 Å². The molecule has 0 amide bonds. The van der Waals surface area contributed by atoms with E-state index >= 15 is 0 Å². The van der Waals surface area contributed by atoms with E-state index in [9.17, 15) is 13.2 Å². The summed E-state index contributed by atoms with van der Waals surface area (Å²) in [5.41, 5.74) is 7.03. The number of thiocarbonyl (C=S) groups is 1. The van der Waals surface area contributed by atoms with Crippen molar-refractivity contribution in [2.24, 2.45) is 5.73 Å². The van der Waals surface area contributed by atoms with Crippen molar-refractivity contribution in [2.45, 2.75) is 25.4 Å².